The normalized spacial score (nSPS) is 9.50. The first-order chi connectivity index (χ1) is 7.78. The maximum atomic E-state index is 8.64. The first kappa shape index (κ1) is 10.4. The van der Waals surface area contributed by atoms with Crippen molar-refractivity contribution in [3.05, 3.63) is 47.4 Å². The van der Waals surface area contributed by atoms with Crippen LogP contribution >= 0.6 is 11.6 Å². The van der Waals surface area contributed by atoms with E-state index in [1.165, 1.54) is 6.20 Å². The van der Waals surface area contributed by atoms with Gasteiger partial charge >= 0.3 is 0 Å². The molecule has 1 aromatic heterocycles. The molecule has 16 heavy (non-hydrogen) atoms. The van der Waals surface area contributed by atoms with Gasteiger partial charge in [-0.2, -0.15) is 5.26 Å². The molecule has 0 radical (unpaired) electrons. The van der Waals surface area contributed by atoms with Crippen LogP contribution in [-0.2, 0) is 0 Å². The van der Waals surface area contributed by atoms with Gasteiger partial charge in [0.25, 0.3) is 0 Å². The minimum absolute atomic E-state index is 0.138. The number of nitriles is 1. The molecule has 2 aromatic rings. The van der Waals surface area contributed by atoms with Crippen molar-refractivity contribution in [3.63, 3.8) is 0 Å². The lowest BCUT2D eigenvalue weighted by Gasteiger charge is -2.04. The van der Waals surface area contributed by atoms with E-state index in [-0.39, 0.29) is 5.82 Å². The highest BCUT2D eigenvalue weighted by molar-refractivity contribution is 6.30. The second-order valence-electron chi connectivity index (χ2n) is 3.01. The van der Waals surface area contributed by atoms with Gasteiger partial charge in [-0.1, -0.05) is 11.6 Å². The maximum absolute atomic E-state index is 8.64. The number of hydrogen-bond donors (Lipinski definition) is 1. The zero-order valence-electron chi connectivity index (χ0n) is 8.18. The van der Waals surface area contributed by atoms with Gasteiger partial charge in [-0.25, -0.2) is 9.97 Å². The van der Waals surface area contributed by atoms with Crippen LogP contribution in [0.25, 0.3) is 0 Å². The fraction of sp³-hybridized carbons (Fsp3) is 0. The Bertz CT molecular complexity index is 530. The predicted octanol–water partition coefficient (Wildman–Crippen LogP) is 2.75. The van der Waals surface area contributed by atoms with Crippen LogP contribution in [0.1, 0.15) is 5.82 Å². The van der Waals surface area contributed by atoms with Gasteiger partial charge in [0.2, 0.25) is 5.82 Å². The average molecular weight is 231 g/mol. The molecule has 0 amide bonds. The van der Waals surface area contributed by atoms with Crippen molar-refractivity contribution in [2.24, 2.45) is 0 Å². The van der Waals surface area contributed by atoms with Gasteiger partial charge in [0, 0.05) is 16.9 Å². The van der Waals surface area contributed by atoms with Crippen molar-refractivity contribution in [2.45, 2.75) is 0 Å². The molecule has 0 bridgehead atoms. The highest BCUT2D eigenvalue weighted by Crippen LogP contribution is 2.17. The summed E-state index contributed by atoms with van der Waals surface area (Å²) in [6.45, 7) is 0. The molecule has 78 valence electrons. The number of rotatable bonds is 2. The zero-order chi connectivity index (χ0) is 11.4. The van der Waals surface area contributed by atoms with Crippen molar-refractivity contribution >= 4 is 23.1 Å². The van der Waals surface area contributed by atoms with E-state index in [9.17, 15) is 0 Å². The summed E-state index contributed by atoms with van der Waals surface area (Å²) in [5.41, 5.74) is 0.854. The topological polar surface area (TPSA) is 61.6 Å². The van der Waals surface area contributed by atoms with Gasteiger partial charge in [-0.05, 0) is 30.3 Å². The Morgan fingerprint density at radius 1 is 1.19 bits per heavy atom. The molecular formula is C11H7ClN4. The fourth-order valence-electron chi connectivity index (χ4n) is 1.16. The van der Waals surface area contributed by atoms with Gasteiger partial charge in [0.05, 0.1) is 0 Å². The second-order valence-corrected chi connectivity index (χ2v) is 3.45. The molecule has 0 aliphatic heterocycles. The van der Waals surface area contributed by atoms with Crippen LogP contribution < -0.4 is 5.32 Å². The van der Waals surface area contributed by atoms with E-state index in [0.29, 0.717) is 10.8 Å². The Morgan fingerprint density at radius 3 is 2.62 bits per heavy atom. The smallest absolute Gasteiger partial charge is 0.234 e. The van der Waals surface area contributed by atoms with Crippen molar-refractivity contribution in [1.29, 1.82) is 5.26 Å². The molecule has 0 aliphatic rings. The second kappa shape index (κ2) is 4.60. The number of anilines is 2. The van der Waals surface area contributed by atoms with Crippen LogP contribution in [0.3, 0.4) is 0 Å². The van der Waals surface area contributed by atoms with Crippen molar-refractivity contribution in [3.8, 4) is 6.07 Å². The van der Waals surface area contributed by atoms with E-state index in [2.05, 4.69) is 15.3 Å². The molecule has 0 atom stereocenters. The van der Waals surface area contributed by atoms with E-state index >= 15 is 0 Å². The Balaban J connectivity index is 2.21. The summed E-state index contributed by atoms with van der Waals surface area (Å²) in [6, 6.07) is 10.8. The molecular weight excluding hydrogens is 224 g/mol. The number of halogens is 1. The summed E-state index contributed by atoms with van der Waals surface area (Å²) >= 11 is 5.77. The van der Waals surface area contributed by atoms with E-state index < -0.39 is 0 Å². The van der Waals surface area contributed by atoms with Gasteiger partial charge < -0.3 is 5.32 Å². The van der Waals surface area contributed by atoms with E-state index in [4.69, 9.17) is 16.9 Å². The van der Waals surface area contributed by atoms with Crippen molar-refractivity contribution < 1.29 is 0 Å². The quantitative estimate of drug-likeness (QED) is 0.862. The van der Waals surface area contributed by atoms with Crippen LogP contribution in [0.5, 0.6) is 0 Å². The molecule has 1 heterocycles. The van der Waals surface area contributed by atoms with Gasteiger partial charge in [-0.3, -0.25) is 0 Å². The predicted molar refractivity (Wildman–Crippen MR) is 61.5 cm³/mol. The Hall–Kier alpha value is -2.12. The summed E-state index contributed by atoms with van der Waals surface area (Å²) in [6.07, 6.45) is 1.53. The standard InChI is InChI=1S/C11H7ClN4/c12-8-1-3-9(4-2-8)15-10-5-6-14-11(7-13)16-10/h1-6H,(H,14,15,16). The number of hydrogen-bond acceptors (Lipinski definition) is 4. The lowest BCUT2D eigenvalue weighted by molar-refractivity contribution is 1.11. The third kappa shape index (κ3) is 2.47. The Kier molecular flexibility index (Phi) is 2.99. The van der Waals surface area contributed by atoms with Crippen LogP contribution in [0.4, 0.5) is 11.5 Å². The molecule has 0 unspecified atom stereocenters. The monoisotopic (exact) mass is 230 g/mol. The lowest BCUT2D eigenvalue weighted by atomic mass is 10.3. The lowest BCUT2D eigenvalue weighted by Crippen LogP contribution is -1.96. The minimum atomic E-state index is 0.138. The SMILES string of the molecule is N#Cc1nccc(Nc2ccc(Cl)cc2)n1. The van der Waals surface area contributed by atoms with Crippen molar-refractivity contribution in [2.75, 3.05) is 5.32 Å². The number of nitrogens with zero attached hydrogens (tertiary/aromatic N) is 3. The van der Waals surface area contributed by atoms with Gasteiger partial charge in [0.1, 0.15) is 11.9 Å². The summed E-state index contributed by atoms with van der Waals surface area (Å²) in [7, 11) is 0. The summed E-state index contributed by atoms with van der Waals surface area (Å²) < 4.78 is 0. The summed E-state index contributed by atoms with van der Waals surface area (Å²) in [5, 5.41) is 12.4. The van der Waals surface area contributed by atoms with Crippen LogP contribution in [0, 0.1) is 11.3 Å². The third-order valence-electron chi connectivity index (χ3n) is 1.87. The number of aromatic nitrogens is 2. The van der Waals surface area contributed by atoms with Crippen molar-refractivity contribution in [1.82, 2.24) is 9.97 Å². The first-order valence-electron chi connectivity index (χ1n) is 4.53. The van der Waals surface area contributed by atoms with E-state index in [0.717, 1.165) is 5.69 Å². The van der Waals surface area contributed by atoms with E-state index in [1.807, 2.05) is 18.2 Å². The molecule has 4 nitrogen and oxygen atoms in total. The molecule has 0 aliphatic carbocycles. The zero-order valence-corrected chi connectivity index (χ0v) is 8.94. The van der Waals surface area contributed by atoms with E-state index in [1.54, 1.807) is 18.2 Å². The maximum Gasteiger partial charge on any atom is 0.234 e. The summed E-state index contributed by atoms with van der Waals surface area (Å²) in [5.74, 6) is 0.716. The first-order valence-corrected chi connectivity index (χ1v) is 4.91. The molecule has 0 spiro atoms. The Labute approximate surface area is 97.5 Å². The molecule has 0 saturated heterocycles. The fourth-order valence-corrected chi connectivity index (χ4v) is 1.29. The molecule has 1 aromatic carbocycles. The van der Waals surface area contributed by atoms with Crippen LogP contribution in [0.2, 0.25) is 5.02 Å². The highest BCUT2D eigenvalue weighted by Gasteiger charge is 1.98. The van der Waals surface area contributed by atoms with Crippen LogP contribution in [0.15, 0.2) is 36.5 Å². The number of nitrogens with one attached hydrogen (secondary N) is 1. The largest absolute Gasteiger partial charge is 0.340 e. The summed E-state index contributed by atoms with van der Waals surface area (Å²) in [4.78, 5) is 7.77. The molecule has 0 fully saturated rings. The van der Waals surface area contributed by atoms with Gasteiger partial charge in [-0.15, -0.1) is 0 Å². The molecule has 5 heteroatoms. The number of benzene rings is 1. The van der Waals surface area contributed by atoms with Crippen LogP contribution in [-0.4, -0.2) is 9.97 Å². The minimum Gasteiger partial charge on any atom is -0.340 e. The molecule has 1 N–H and O–H groups in total. The Morgan fingerprint density at radius 2 is 1.94 bits per heavy atom. The molecule has 2 rings (SSSR count). The molecule has 0 saturated carbocycles. The highest BCUT2D eigenvalue weighted by atomic mass is 35.5. The van der Waals surface area contributed by atoms with Gasteiger partial charge in [0.15, 0.2) is 0 Å². The average Bonchev–Trinajstić information content (AvgIpc) is 2.32. The third-order valence-corrected chi connectivity index (χ3v) is 2.12.